The number of nitrogens with one attached hydrogen (secondary N) is 1. The molecule has 122 valence electrons. The van der Waals surface area contributed by atoms with Gasteiger partial charge in [0, 0.05) is 49.7 Å². The summed E-state index contributed by atoms with van der Waals surface area (Å²) in [5.74, 6) is 1.06. The first kappa shape index (κ1) is 15.7. The van der Waals surface area contributed by atoms with Crippen LogP contribution in [0.2, 0.25) is 0 Å². The molecule has 1 aliphatic heterocycles. The number of piperidine rings is 1. The van der Waals surface area contributed by atoms with Crippen LogP contribution < -0.4 is 15.0 Å². The van der Waals surface area contributed by atoms with Crippen LogP contribution in [0.25, 0.3) is 0 Å². The lowest BCUT2D eigenvalue weighted by molar-refractivity contribution is 0.405. The molecule has 0 amide bonds. The zero-order valence-corrected chi connectivity index (χ0v) is 13.2. The Hall–Kier alpha value is -2.21. The number of ether oxygens (including phenoxy) is 1. The van der Waals surface area contributed by atoms with E-state index in [1.807, 2.05) is 6.07 Å². The lowest BCUT2D eigenvalue weighted by Crippen LogP contribution is -2.46. The van der Waals surface area contributed by atoms with E-state index < -0.39 is 0 Å². The Labute approximate surface area is 135 Å². The fourth-order valence-corrected chi connectivity index (χ4v) is 2.83. The van der Waals surface area contributed by atoms with Crippen LogP contribution >= 0.6 is 0 Å². The van der Waals surface area contributed by atoms with E-state index in [2.05, 4.69) is 20.2 Å². The minimum atomic E-state index is -0.240. The third-order valence-corrected chi connectivity index (χ3v) is 4.10. The van der Waals surface area contributed by atoms with Gasteiger partial charge in [-0.3, -0.25) is 0 Å². The summed E-state index contributed by atoms with van der Waals surface area (Å²) in [5.41, 5.74) is 0.652. The van der Waals surface area contributed by atoms with E-state index in [4.69, 9.17) is 4.74 Å². The van der Waals surface area contributed by atoms with Crippen LogP contribution in [-0.4, -0.2) is 36.2 Å². The Balaban J connectivity index is 1.58. The van der Waals surface area contributed by atoms with Crippen LogP contribution in [0.3, 0.4) is 0 Å². The number of methoxy groups -OCH3 is 1. The van der Waals surface area contributed by atoms with Crippen LogP contribution in [0.5, 0.6) is 5.75 Å². The van der Waals surface area contributed by atoms with E-state index in [0.29, 0.717) is 23.9 Å². The molecule has 6 heteroatoms. The number of hydrogen-bond donors (Lipinski definition) is 1. The van der Waals surface area contributed by atoms with Crippen molar-refractivity contribution in [2.75, 3.05) is 25.1 Å². The summed E-state index contributed by atoms with van der Waals surface area (Å²) in [7, 11) is 1.54. The van der Waals surface area contributed by atoms with E-state index in [-0.39, 0.29) is 5.82 Å². The fourth-order valence-electron chi connectivity index (χ4n) is 2.83. The summed E-state index contributed by atoms with van der Waals surface area (Å²) in [6.45, 7) is 2.30. The maximum Gasteiger partial charge on any atom is 0.225 e. The number of anilines is 1. The second kappa shape index (κ2) is 7.37. The second-order valence-corrected chi connectivity index (χ2v) is 5.67. The molecule has 3 rings (SSSR count). The molecule has 1 saturated heterocycles. The van der Waals surface area contributed by atoms with E-state index in [9.17, 15) is 4.39 Å². The van der Waals surface area contributed by atoms with Crippen molar-refractivity contribution in [2.45, 2.75) is 25.4 Å². The molecule has 1 N–H and O–H groups in total. The normalized spacial score (nSPS) is 18.0. The van der Waals surface area contributed by atoms with Crippen molar-refractivity contribution in [3.05, 3.63) is 48.0 Å². The first-order valence-corrected chi connectivity index (χ1v) is 7.84. The van der Waals surface area contributed by atoms with Crippen LogP contribution in [0.15, 0.2) is 36.7 Å². The van der Waals surface area contributed by atoms with Crippen molar-refractivity contribution < 1.29 is 9.13 Å². The number of nitrogens with zero attached hydrogens (tertiary/aromatic N) is 3. The smallest absolute Gasteiger partial charge is 0.225 e. The lowest BCUT2D eigenvalue weighted by Gasteiger charge is -2.33. The molecule has 2 heterocycles. The van der Waals surface area contributed by atoms with E-state index in [1.165, 1.54) is 13.2 Å². The van der Waals surface area contributed by atoms with Crippen LogP contribution in [0.1, 0.15) is 18.4 Å². The molecule has 5 nitrogen and oxygen atoms in total. The predicted molar refractivity (Wildman–Crippen MR) is 87.1 cm³/mol. The summed E-state index contributed by atoms with van der Waals surface area (Å²) in [4.78, 5) is 10.8. The van der Waals surface area contributed by atoms with Gasteiger partial charge in [0.1, 0.15) is 11.6 Å². The van der Waals surface area contributed by atoms with Crippen molar-refractivity contribution in [3.63, 3.8) is 0 Å². The molecule has 1 aromatic heterocycles. The fraction of sp³-hybridized carbons (Fsp3) is 0.412. The van der Waals surface area contributed by atoms with Gasteiger partial charge in [0.15, 0.2) is 0 Å². The quantitative estimate of drug-likeness (QED) is 0.918. The molecule has 0 saturated carbocycles. The molecular weight excluding hydrogens is 295 g/mol. The molecule has 0 bridgehead atoms. The Morgan fingerprint density at radius 3 is 2.91 bits per heavy atom. The highest BCUT2D eigenvalue weighted by Crippen LogP contribution is 2.18. The van der Waals surface area contributed by atoms with Crippen molar-refractivity contribution in [1.82, 2.24) is 15.3 Å². The monoisotopic (exact) mass is 316 g/mol. The molecule has 1 aromatic carbocycles. The highest BCUT2D eigenvalue weighted by atomic mass is 19.1. The Morgan fingerprint density at radius 2 is 2.17 bits per heavy atom. The SMILES string of the molecule is COc1ccc(CNC2CCCN(c3ncccn3)C2)c(F)c1. The van der Waals surface area contributed by atoms with Gasteiger partial charge in [-0.15, -0.1) is 0 Å². The third-order valence-electron chi connectivity index (χ3n) is 4.10. The summed E-state index contributed by atoms with van der Waals surface area (Å²) in [6, 6.07) is 7.08. The van der Waals surface area contributed by atoms with Gasteiger partial charge in [-0.1, -0.05) is 6.07 Å². The minimum Gasteiger partial charge on any atom is -0.497 e. The lowest BCUT2D eigenvalue weighted by atomic mass is 10.1. The molecule has 1 unspecified atom stereocenters. The maximum absolute atomic E-state index is 14.0. The minimum absolute atomic E-state index is 0.240. The van der Waals surface area contributed by atoms with E-state index >= 15 is 0 Å². The van der Waals surface area contributed by atoms with Gasteiger partial charge in [-0.25, -0.2) is 14.4 Å². The molecule has 0 aliphatic carbocycles. The van der Waals surface area contributed by atoms with Gasteiger partial charge in [0.05, 0.1) is 7.11 Å². The topological polar surface area (TPSA) is 50.3 Å². The standard InChI is InChI=1S/C17H21FN4O/c1-23-15-6-5-13(16(18)10-15)11-21-14-4-2-9-22(12-14)17-19-7-3-8-20-17/h3,5-8,10,14,21H,2,4,9,11-12H2,1H3. The molecule has 0 radical (unpaired) electrons. The van der Waals surface area contributed by atoms with Crippen LogP contribution in [0.4, 0.5) is 10.3 Å². The number of rotatable bonds is 5. The summed E-state index contributed by atoms with van der Waals surface area (Å²) >= 11 is 0. The van der Waals surface area contributed by atoms with Crippen molar-refractivity contribution in [2.24, 2.45) is 0 Å². The molecule has 1 atom stereocenters. The molecule has 1 aliphatic rings. The van der Waals surface area contributed by atoms with Crippen LogP contribution in [0, 0.1) is 5.82 Å². The van der Waals surface area contributed by atoms with Gasteiger partial charge >= 0.3 is 0 Å². The van der Waals surface area contributed by atoms with Gasteiger partial charge < -0.3 is 15.0 Å². The van der Waals surface area contributed by atoms with Gasteiger partial charge in [-0.05, 0) is 25.0 Å². The van der Waals surface area contributed by atoms with Crippen molar-refractivity contribution >= 4 is 5.95 Å². The van der Waals surface area contributed by atoms with Crippen LogP contribution in [-0.2, 0) is 6.54 Å². The van der Waals surface area contributed by atoms with Gasteiger partial charge in [-0.2, -0.15) is 0 Å². The number of aromatic nitrogens is 2. The third kappa shape index (κ3) is 3.96. The maximum atomic E-state index is 14.0. The summed E-state index contributed by atoms with van der Waals surface area (Å²) in [5, 5.41) is 3.44. The average Bonchev–Trinajstić information content (AvgIpc) is 2.61. The van der Waals surface area contributed by atoms with Gasteiger partial charge in [0.2, 0.25) is 5.95 Å². The van der Waals surface area contributed by atoms with Gasteiger partial charge in [0.25, 0.3) is 0 Å². The van der Waals surface area contributed by atoms with Crippen molar-refractivity contribution in [1.29, 1.82) is 0 Å². The highest BCUT2D eigenvalue weighted by Gasteiger charge is 2.21. The average molecular weight is 316 g/mol. The largest absolute Gasteiger partial charge is 0.497 e. The van der Waals surface area contributed by atoms with E-state index in [1.54, 1.807) is 24.5 Å². The number of hydrogen-bond acceptors (Lipinski definition) is 5. The predicted octanol–water partition coefficient (Wildman–Crippen LogP) is 2.38. The first-order valence-electron chi connectivity index (χ1n) is 7.84. The Bertz CT molecular complexity index is 638. The highest BCUT2D eigenvalue weighted by molar-refractivity contribution is 5.30. The number of benzene rings is 1. The molecular formula is C17H21FN4O. The zero-order valence-electron chi connectivity index (χ0n) is 13.2. The van der Waals surface area contributed by atoms with Crippen molar-refractivity contribution in [3.8, 4) is 5.75 Å². The second-order valence-electron chi connectivity index (χ2n) is 5.67. The Kier molecular flexibility index (Phi) is 5.02. The zero-order chi connectivity index (χ0) is 16.1. The Morgan fingerprint density at radius 1 is 1.35 bits per heavy atom. The summed E-state index contributed by atoms with van der Waals surface area (Å²) < 4.78 is 19.0. The number of halogens is 1. The van der Waals surface area contributed by atoms with E-state index in [0.717, 1.165) is 31.9 Å². The molecule has 1 fully saturated rings. The summed E-state index contributed by atoms with van der Waals surface area (Å²) in [6.07, 6.45) is 5.65. The molecule has 2 aromatic rings. The first-order chi connectivity index (χ1) is 11.3. The molecule has 23 heavy (non-hydrogen) atoms. The molecule has 0 spiro atoms.